The van der Waals surface area contributed by atoms with E-state index in [9.17, 15) is 26.4 Å². The fourth-order valence-corrected chi connectivity index (χ4v) is 3.98. The van der Waals surface area contributed by atoms with Crippen LogP contribution in [0.1, 0.15) is 15.9 Å². The van der Waals surface area contributed by atoms with Crippen LogP contribution in [0, 0.1) is 0 Å². The lowest BCUT2D eigenvalue weighted by Gasteiger charge is -2.23. The van der Waals surface area contributed by atoms with Gasteiger partial charge in [0.1, 0.15) is 5.75 Å². The third kappa shape index (κ3) is 6.87. The molecule has 11 heteroatoms. The minimum atomic E-state index is -4.81. The van der Waals surface area contributed by atoms with Gasteiger partial charge in [0.15, 0.2) is 0 Å². The third-order valence-electron chi connectivity index (χ3n) is 4.44. The molecule has 0 unspecified atom stereocenters. The Morgan fingerprint density at radius 1 is 1.00 bits per heavy atom. The number of sulfonamides is 1. The zero-order valence-corrected chi connectivity index (χ0v) is 18.7. The highest BCUT2D eigenvalue weighted by molar-refractivity contribution is 7.92. The standard InChI is InChI=1S/C22H18ClF3N2O4S/c1-33(30,31)28(14-16-4-2-3-5-20(16)23)18-10-6-15(7-11-18)21(29)27-17-8-12-19(13-9-17)32-22(24,25)26/h2-13H,14H2,1H3,(H,27,29). The fourth-order valence-electron chi connectivity index (χ4n) is 2.90. The van der Waals surface area contributed by atoms with Crippen molar-refractivity contribution in [3.8, 4) is 5.75 Å². The number of hydrogen-bond donors (Lipinski definition) is 1. The van der Waals surface area contributed by atoms with Crippen molar-refractivity contribution in [2.75, 3.05) is 15.9 Å². The summed E-state index contributed by atoms with van der Waals surface area (Å²) < 4.78 is 66.4. The van der Waals surface area contributed by atoms with Crippen LogP contribution in [-0.2, 0) is 16.6 Å². The van der Waals surface area contributed by atoms with Crippen LogP contribution in [0.3, 0.4) is 0 Å². The molecular formula is C22H18ClF3N2O4S. The molecule has 3 aromatic rings. The number of amides is 1. The summed E-state index contributed by atoms with van der Waals surface area (Å²) in [7, 11) is -3.65. The Balaban J connectivity index is 1.73. The van der Waals surface area contributed by atoms with Crippen molar-refractivity contribution in [3.63, 3.8) is 0 Å². The van der Waals surface area contributed by atoms with Crippen LogP contribution in [0.4, 0.5) is 24.5 Å². The molecular weight excluding hydrogens is 481 g/mol. The molecule has 3 aromatic carbocycles. The topological polar surface area (TPSA) is 75.7 Å². The zero-order chi connectivity index (χ0) is 24.2. The molecule has 0 atom stereocenters. The van der Waals surface area contributed by atoms with Gasteiger partial charge in [0, 0.05) is 16.3 Å². The van der Waals surface area contributed by atoms with Gasteiger partial charge in [0.05, 0.1) is 18.5 Å². The Kier molecular flexibility index (Phi) is 7.19. The second-order valence-electron chi connectivity index (χ2n) is 6.93. The molecule has 0 bridgehead atoms. The van der Waals surface area contributed by atoms with Crippen molar-refractivity contribution >= 4 is 38.9 Å². The van der Waals surface area contributed by atoms with Crippen LogP contribution >= 0.6 is 11.6 Å². The van der Waals surface area contributed by atoms with Gasteiger partial charge in [-0.05, 0) is 60.2 Å². The molecule has 1 amide bonds. The van der Waals surface area contributed by atoms with Gasteiger partial charge in [-0.2, -0.15) is 0 Å². The maximum Gasteiger partial charge on any atom is 0.573 e. The minimum absolute atomic E-state index is 0.0103. The van der Waals surface area contributed by atoms with Crippen molar-refractivity contribution < 1.29 is 31.1 Å². The van der Waals surface area contributed by atoms with E-state index in [-0.39, 0.29) is 17.8 Å². The highest BCUT2D eigenvalue weighted by Gasteiger charge is 2.31. The first-order valence-electron chi connectivity index (χ1n) is 9.41. The number of carbonyl (C=O) groups excluding carboxylic acids is 1. The van der Waals surface area contributed by atoms with Crippen molar-refractivity contribution in [2.24, 2.45) is 0 Å². The first-order valence-corrected chi connectivity index (χ1v) is 11.6. The van der Waals surface area contributed by atoms with Gasteiger partial charge < -0.3 is 10.1 Å². The number of ether oxygens (including phenoxy) is 1. The summed E-state index contributed by atoms with van der Waals surface area (Å²) in [5.41, 5.74) is 1.43. The normalized spacial score (nSPS) is 11.7. The molecule has 174 valence electrons. The quantitative estimate of drug-likeness (QED) is 0.469. The largest absolute Gasteiger partial charge is 0.573 e. The van der Waals surface area contributed by atoms with Crippen LogP contribution in [0.5, 0.6) is 5.75 Å². The predicted octanol–water partition coefficient (Wildman–Crippen LogP) is 5.46. The van der Waals surface area contributed by atoms with E-state index in [1.165, 1.54) is 36.4 Å². The van der Waals surface area contributed by atoms with E-state index in [0.29, 0.717) is 16.3 Å². The molecule has 6 nitrogen and oxygen atoms in total. The number of nitrogens with zero attached hydrogens (tertiary/aromatic N) is 1. The van der Waals surface area contributed by atoms with E-state index in [2.05, 4.69) is 10.1 Å². The van der Waals surface area contributed by atoms with Crippen molar-refractivity contribution in [2.45, 2.75) is 12.9 Å². The molecule has 0 aliphatic heterocycles. The van der Waals surface area contributed by atoms with E-state index >= 15 is 0 Å². The number of benzene rings is 3. The fraction of sp³-hybridized carbons (Fsp3) is 0.136. The maximum atomic E-state index is 12.5. The van der Waals surface area contributed by atoms with Gasteiger partial charge in [-0.1, -0.05) is 29.8 Å². The molecule has 3 rings (SSSR count). The molecule has 0 aliphatic rings. The van der Waals surface area contributed by atoms with Crippen molar-refractivity contribution in [1.82, 2.24) is 0 Å². The average Bonchev–Trinajstić information content (AvgIpc) is 2.73. The molecule has 0 spiro atoms. The van der Waals surface area contributed by atoms with Gasteiger partial charge in [0.2, 0.25) is 10.0 Å². The number of carbonyl (C=O) groups is 1. The molecule has 1 N–H and O–H groups in total. The Morgan fingerprint density at radius 3 is 2.15 bits per heavy atom. The van der Waals surface area contributed by atoms with Gasteiger partial charge in [-0.15, -0.1) is 13.2 Å². The molecule has 0 aromatic heterocycles. The number of anilines is 2. The second kappa shape index (κ2) is 9.72. The second-order valence-corrected chi connectivity index (χ2v) is 9.25. The van der Waals surface area contributed by atoms with Crippen molar-refractivity contribution in [3.05, 3.63) is 88.9 Å². The third-order valence-corrected chi connectivity index (χ3v) is 5.94. The highest BCUT2D eigenvalue weighted by Crippen LogP contribution is 2.26. The van der Waals surface area contributed by atoms with Gasteiger partial charge in [-0.25, -0.2) is 8.42 Å². The lowest BCUT2D eigenvalue weighted by Crippen LogP contribution is -2.29. The van der Waals surface area contributed by atoms with E-state index in [1.807, 2.05) is 0 Å². The number of halogens is 4. The number of rotatable bonds is 7. The lowest BCUT2D eigenvalue weighted by molar-refractivity contribution is -0.274. The monoisotopic (exact) mass is 498 g/mol. The van der Waals surface area contributed by atoms with E-state index < -0.39 is 28.0 Å². The molecule has 0 saturated carbocycles. The van der Waals surface area contributed by atoms with E-state index in [0.717, 1.165) is 22.7 Å². The summed E-state index contributed by atoms with van der Waals surface area (Å²) in [6, 6.07) is 17.4. The molecule has 0 aliphatic carbocycles. The Hall–Kier alpha value is -3.24. The molecule has 33 heavy (non-hydrogen) atoms. The number of hydrogen-bond acceptors (Lipinski definition) is 4. The van der Waals surface area contributed by atoms with Crippen LogP contribution < -0.4 is 14.4 Å². The molecule has 0 radical (unpaired) electrons. The van der Waals surface area contributed by atoms with Crippen LogP contribution in [0.25, 0.3) is 0 Å². The summed E-state index contributed by atoms with van der Waals surface area (Å²) in [5, 5.41) is 2.97. The number of alkyl halides is 3. The summed E-state index contributed by atoms with van der Waals surface area (Å²) in [6.07, 6.45) is -3.74. The maximum absolute atomic E-state index is 12.5. The molecule has 0 saturated heterocycles. The first kappa shape index (κ1) is 24.4. The SMILES string of the molecule is CS(=O)(=O)N(Cc1ccccc1Cl)c1ccc(C(=O)Nc2ccc(OC(F)(F)F)cc2)cc1. The Morgan fingerprint density at radius 2 is 1.61 bits per heavy atom. The molecule has 0 heterocycles. The summed E-state index contributed by atoms with van der Waals surface area (Å²) in [5.74, 6) is -0.938. The van der Waals surface area contributed by atoms with Crippen LogP contribution in [0.15, 0.2) is 72.8 Å². The van der Waals surface area contributed by atoms with E-state index in [4.69, 9.17) is 11.6 Å². The minimum Gasteiger partial charge on any atom is -0.406 e. The predicted molar refractivity (Wildman–Crippen MR) is 120 cm³/mol. The number of nitrogens with one attached hydrogen (secondary N) is 1. The highest BCUT2D eigenvalue weighted by atomic mass is 35.5. The van der Waals surface area contributed by atoms with Crippen molar-refractivity contribution in [1.29, 1.82) is 0 Å². The summed E-state index contributed by atoms with van der Waals surface area (Å²) in [6.45, 7) is 0.0103. The summed E-state index contributed by atoms with van der Waals surface area (Å²) in [4.78, 5) is 12.5. The van der Waals surface area contributed by atoms with Crippen LogP contribution in [-0.4, -0.2) is 26.9 Å². The Labute approximate surface area is 193 Å². The zero-order valence-electron chi connectivity index (χ0n) is 17.1. The first-order chi connectivity index (χ1) is 15.4. The average molecular weight is 499 g/mol. The lowest BCUT2D eigenvalue weighted by atomic mass is 10.1. The Bertz CT molecular complexity index is 1230. The molecule has 0 fully saturated rings. The van der Waals surface area contributed by atoms with E-state index in [1.54, 1.807) is 24.3 Å². The smallest absolute Gasteiger partial charge is 0.406 e. The van der Waals surface area contributed by atoms with Gasteiger partial charge in [-0.3, -0.25) is 9.10 Å². The van der Waals surface area contributed by atoms with Crippen LogP contribution in [0.2, 0.25) is 5.02 Å². The van der Waals surface area contributed by atoms with Gasteiger partial charge in [0.25, 0.3) is 5.91 Å². The summed E-state index contributed by atoms with van der Waals surface area (Å²) >= 11 is 6.15. The van der Waals surface area contributed by atoms with Gasteiger partial charge >= 0.3 is 6.36 Å².